The van der Waals surface area contributed by atoms with Crippen LogP contribution in [-0.2, 0) is 0 Å². The third kappa shape index (κ3) is 1.11. The van der Waals surface area contributed by atoms with Crippen LogP contribution in [0.3, 0.4) is 0 Å². The van der Waals surface area contributed by atoms with Crippen molar-refractivity contribution < 1.29 is 9.90 Å². The Kier molecular flexibility index (Phi) is 1.63. The first-order valence-electron chi connectivity index (χ1n) is 2.56. The number of carbonyl (C=O) groups is 1. The second-order valence-corrected chi connectivity index (χ2v) is 2.20. The number of hydrogen-bond acceptors (Lipinski definition) is 2. The van der Waals surface area contributed by atoms with E-state index in [4.69, 9.17) is 16.7 Å². The van der Waals surface area contributed by atoms with Crippen molar-refractivity contribution in [1.82, 2.24) is 9.78 Å². The van der Waals surface area contributed by atoms with E-state index in [-0.39, 0.29) is 0 Å². The molecule has 10 heavy (non-hydrogen) atoms. The van der Waals surface area contributed by atoms with Crippen molar-refractivity contribution in [3.8, 4) is 0 Å². The Labute approximate surface area is 62.0 Å². The van der Waals surface area contributed by atoms with Gasteiger partial charge in [-0.3, -0.25) is 0 Å². The average Bonchev–Trinajstić information content (AvgIpc) is 2.13. The van der Waals surface area contributed by atoms with Gasteiger partial charge in [0.15, 0.2) is 0 Å². The summed E-state index contributed by atoms with van der Waals surface area (Å²) in [6.45, 7) is 1.64. The Morgan fingerprint density at radius 3 is 2.70 bits per heavy atom. The van der Waals surface area contributed by atoms with Gasteiger partial charge in [-0.2, -0.15) is 9.78 Å². The van der Waals surface area contributed by atoms with Crippen LogP contribution in [0.4, 0.5) is 4.79 Å². The molecule has 1 heterocycles. The van der Waals surface area contributed by atoms with E-state index in [0.29, 0.717) is 10.7 Å². The second kappa shape index (κ2) is 2.30. The highest BCUT2D eigenvalue weighted by atomic mass is 35.5. The smallest absolute Gasteiger partial charge is 0.432 e. The summed E-state index contributed by atoms with van der Waals surface area (Å²) in [7, 11) is 0. The third-order valence-electron chi connectivity index (χ3n) is 1.03. The quantitative estimate of drug-likeness (QED) is 0.624. The van der Waals surface area contributed by atoms with Crippen LogP contribution < -0.4 is 0 Å². The topological polar surface area (TPSA) is 55.1 Å². The minimum Gasteiger partial charge on any atom is -0.463 e. The molecule has 0 saturated carbocycles. The molecule has 0 aliphatic heterocycles. The van der Waals surface area contributed by atoms with E-state index in [1.165, 1.54) is 6.20 Å². The van der Waals surface area contributed by atoms with Crippen LogP contribution in [0, 0.1) is 6.92 Å². The highest BCUT2D eigenvalue weighted by Crippen LogP contribution is 2.11. The monoisotopic (exact) mass is 160 g/mol. The predicted octanol–water partition coefficient (Wildman–Crippen LogP) is 1.37. The zero-order valence-corrected chi connectivity index (χ0v) is 5.96. The van der Waals surface area contributed by atoms with E-state index in [1.54, 1.807) is 6.92 Å². The van der Waals surface area contributed by atoms with Crippen molar-refractivity contribution in [3.05, 3.63) is 16.9 Å². The molecule has 0 radical (unpaired) electrons. The zero-order valence-electron chi connectivity index (χ0n) is 5.21. The van der Waals surface area contributed by atoms with E-state index in [0.717, 1.165) is 4.68 Å². The fourth-order valence-electron chi connectivity index (χ4n) is 0.537. The average molecular weight is 161 g/mol. The number of nitrogens with zero attached hydrogens (tertiary/aromatic N) is 2. The fourth-order valence-corrected chi connectivity index (χ4v) is 0.667. The van der Waals surface area contributed by atoms with E-state index >= 15 is 0 Å². The molecular weight excluding hydrogens is 156 g/mol. The van der Waals surface area contributed by atoms with Crippen LogP contribution >= 0.6 is 11.6 Å². The van der Waals surface area contributed by atoms with Gasteiger partial charge in [-0.15, -0.1) is 0 Å². The maximum Gasteiger partial charge on any atom is 0.432 e. The molecule has 0 aliphatic carbocycles. The molecule has 0 unspecified atom stereocenters. The lowest BCUT2D eigenvalue weighted by Crippen LogP contribution is -2.07. The Morgan fingerprint density at radius 1 is 1.90 bits per heavy atom. The standard InChI is InChI=1S/C5H5ClN2O2/c1-3-4(6)2-8(7-3)5(9)10/h2H,1H3,(H,9,10). The Bertz CT molecular complexity index is 249. The predicted molar refractivity (Wildman–Crippen MR) is 35.4 cm³/mol. The van der Waals surface area contributed by atoms with Gasteiger partial charge in [0.2, 0.25) is 0 Å². The third-order valence-corrected chi connectivity index (χ3v) is 1.41. The summed E-state index contributed by atoms with van der Waals surface area (Å²) >= 11 is 5.53. The zero-order chi connectivity index (χ0) is 7.72. The largest absolute Gasteiger partial charge is 0.463 e. The maximum atomic E-state index is 10.2. The molecule has 0 amide bonds. The first kappa shape index (κ1) is 7.08. The molecule has 5 heteroatoms. The Balaban J connectivity index is 3.10. The van der Waals surface area contributed by atoms with Crippen molar-refractivity contribution in [2.45, 2.75) is 6.92 Å². The minimum absolute atomic E-state index is 0.363. The number of hydrogen-bond donors (Lipinski definition) is 1. The van der Waals surface area contributed by atoms with Crippen LogP contribution in [-0.4, -0.2) is 21.0 Å². The SMILES string of the molecule is Cc1nn(C(=O)O)cc1Cl. The van der Waals surface area contributed by atoms with Crippen LogP contribution in [0.2, 0.25) is 5.02 Å². The summed E-state index contributed by atoms with van der Waals surface area (Å²) in [6.07, 6.45) is 0.120. The normalized spacial score (nSPS) is 9.80. The lowest BCUT2D eigenvalue weighted by molar-refractivity contribution is 0.192. The van der Waals surface area contributed by atoms with Crippen LogP contribution in [0.5, 0.6) is 0 Å². The fraction of sp³-hybridized carbons (Fsp3) is 0.200. The molecule has 0 aliphatic rings. The molecule has 0 fully saturated rings. The van der Waals surface area contributed by atoms with E-state index < -0.39 is 6.09 Å². The van der Waals surface area contributed by atoms with Gasteiger partial charge in [0.05, 0.1) is 16.9 Å². The van der Waals surface area contributed by atoms with Crippen molar-refractivity contribution in [2.24, 2.45) is 0 Å². The van der Waals surface area contributed by atoms with Crippen LogP contribution in [0.15, 0.2) is 6.20 Å². The van der Waals surface area contributed by atoms with E-state index in [1.807, 2.05) is 0 Å². The number of aryl methyl sites for hydroxylation is 1. The molecule has 0 atom stereocenters. The minimum atomic E-state index is -1.13. The molecule has 4 nitrogen and oxygen atoms in total. The first-order chi connectivity index (χ1) is 4.61. The number of carboxylic acid groups (broad SMARTS) is 1. The highest BCUT2D eigenvalue weighted by molar-refractivity contribution is 6.31. The van der Waals surface area contributed by atoms with Gasteiger partial charge in [0, 0.05) is 0 Å². The number of halogens is 1. The Hall–Kier alpha value is -1.03. The Morgan fingerprint density at radius 2 is 2.50 bits per heavy atom. The maximum absolute atomic E-state index is 10.2. The second-order valence-electron chi connectivity index (χ2n) is 1.79. The van der Waals surface area contributed by atoms with Crippen molar-refractivity contribution in [1.29, 1.82) is 0 Å². The van der Waals surface area contributed by atoms with Gasteiger partial charge >= 0.3 is 6.09 Å². The molecule has 1 rings (SSSR count). The highest BCUT2D eigenvalue weighted by Gasteiger charge is 2.05. The van der Waals surface area contributed by atoms with Crippen LogP contribution in [0.25, 0.3) is 0 Å². The molecule has 54 valence electrons. The summed E-state index contributed by atoms with van der Waals surface area (Å²) < 4.78 is 0.775. The van der Waals surface area contributed by atoms with Gasteiger partial charge in [-0.25, -0.2) is 4.79 Å². The van der Waals surface area contributed by atoms with Crippen molar-refractivity contribution >= 4 is 17.7 Å². The molecular formula is C5H5ClN2O2. The van der Waals surface area contributed by atoms with Crippen molar-refractivity contribution in [3.63, 3.8) is 0 Å². The molecule has 1 aromatic rings. The number of rotatable bonds is 0. The van der Waals surface area contributed by atoms with E-state index in [9.17, 15) is 4.79 Å². The van der Waals surface area contributed by atoms with Crippen molar-refractivity contribution in [2.75, 3.05) is 0 Å². The number of aromatic nitrogens is 2. The summed E-state index contributed by atoms with van der Waals surface area (Å²) in [5.74, 6) is 0. The van der Waals surface area contributed by atoms with E-state index in [2.05, 4.69) is 5.10 Å². The first-order valence-corrected chi connectivity index (χ1v) is 2.94. The lowest BCUT2D eigenvalue weighted by atomic mass is 10.5. The summed E-state index contributed by atoms with van der Waals surface area (Å²) in [4.78, 5) is 10.2. The van der Waals surface area contributed by atoms with Gasteiger partial charge in [-0.1, -0.05) is 11.6 Å². The molecule has 0 aromatic carbocycles. The summed E-state index contributed by atoms with van der Waals surface area (Å²) in [6, 6.07) is 0. The molecule has 0 bridgehead atoms. The molecule has 0 spiro atoms. The summed E-state index contributed by atoms with van der Waals surface area (Å²) in [5.41, 5.74) is 0.518. The van der Waals surface area contributed by atoms with Gasteiger partial charge in [0.1, 0.15) is 0 Å². The van der Waals surface area contributed by atoms with Gasteiger partial charge < -0.3 is 5.11 Å². The molecule has 0 saturated heterocycles. The lowest BCUT2D eigenvalue weighted by Gasteiger charge is -1.86. The molecule has 1 aromatic heterocycles. The van der Waals surface area contributed by atoms with Gasteiger partial charge in [-0.05, 0) is 6.92 Å². The van der Waals surface area contributed by atoms with Crippen LogP contribution in [0.1, 0.15) is 5.69 Å². The molecule has 1 N–H and O–H groups in total. The van der Waals surface area contributed by atoms with Gasteiger partial charge in [0.25, 0.3) is 0 Å². The summed E-state index contributed by atoms with van der Waals surface area (Å²) in [5, 5.41) is 12.3.